The molecule has 1 heterocycles. The van der Waals surface area contributed by atoms with Crippen molar-refractivity contribution in [3.8, 4) is 5.75 Å². The SMILES string of the molecule is Cc1nc(COc2cc(F)cc(Br)c2)no1. The predicted molar refractivity (Wildman–Crippen MR) is 57.5 cm³/mol. The van der Waals surface area contributed by atoms with Crippen molar-refractivity contribution in [3.63, 3.8) is 0 Å². The second kappa shape index (κ2) is 4.61. The smallest absolute Gasteiger partial charge is 0.223 e. The molecule has 0 amide bonds. The summed E-state index contributed by atoms with van der Waals surface area (Å²) in [6, 6.07) is 4.30. The maximum absolute atomic E-state index is 13.0. The normalized spacial score (nSPS) is 10.4. The van der Waals surface area contributed by atoms with Crippen molar-refractivity contribution in [2.75, 3.05) is 0 Å². The molecule has 0 aliphatic carbocycles. The topological polar surface area (TPSA) is 48.2 Å². The van der Waals surface area contributed by atoms with Gasteiger partial charge in [-0.1, -0.05) is 21.1 Å². The third-order valence-corrected chi connectivity index (χ3v) is 2.23. The van der Waals surface area contributed by atoms with E-state index in [0.717, 1.165) is 0 Å². The zero-order chi connectivity index (χ0) is 11.5. The highest BCUT2D eigenvalue weighted by molar-refractivity contribution is 9.10. The molecule has 4 nitrogen and oxygen atoms in total. The molecule has 0 radical (unpaired) electrons. The van der Waals surface area contributed by atoms with Gasteiger partial charge in [0.15, 0.2) is 6.61 Å². The van der Waals surface area contributed by atoms with Crippen molar-refractivity contribution < 1.29 is 13.7 Å². The highest BCUT2D eigenvalue weighted by Gasteiger charge is 2.04. The fourth-order valence-electron chi connectivity index (χ4n) is 1.16. The Morgan fingerprint density at radius 2 is 2.25 bits per heavy atom. The molecule has 1 aromatic heterocycles. The molecular weight excluding hydrogens is 279 g/mol. The van der Waals surface area contributed by atoms with E-state index in [2.05, 4.69) is 26.1 Å². The van der Waals surface area contributed by atoms with Crippen LogP contribution in [0.2, 0.25) is 0 Å². The quantitative estimate of drug-likeness (QED) is 0.871. The summed E-state index contributed by atoms with van der Waals surface area (Å²) < 4.78 is 23.7. The van der Waals surface area contributed by atoms with Crippen molar-refractivity contribution >= 4 is 15.9 Å². The van der Waals surface area contributed by atoms with Gasteiger partial charge in [-0.25, -0.2) is 4.39 Å². The lowest BCUT2D eigenvalue weighted by Crippen LogP contribution is -1.97. The number of aryl methyl sites for hydroxylation is 1. The van der Waals surface area contributed by atoms with Gasteiger partial charge >= 0.3 is 0 Å². The van der Waals surface area contributed by atoms with Crippen LogP contribution < -0.4 is 4.74 Å². The Kier molecular flexibility index (Phi) is 3.19. The molecule has 84 valence electrons. The Labute approximate surface area is 99.5 Å². The fourth-order valence-corrected chi connectivity index (χ4v) is 1.60. The zero-order valence-corrected chi connectivity index (χ0v) is 9.99. The Bertz CT molecular complexity index is 481. The molecule has 0 bridgehead atoms. The standard InChI is InChI=1S/C10H8BrFN2O2/c1-6-13-10(14-16-6)5-15-9-3-7(11)2-8(12)4-9/h2-4H,5H2,1H3. The van der Waals surface area contributed by atoms with Crippen LogP contribution in [0, 0.1) is 12.7 Å². The van der Waals surface area contributed by atoms with Crippen LogP contribution in [0.4, 0.5) is 4.39 Å². The fraction of sp³-hybridized carbons (Fsp3) is 0.200. The van der Waals surface area contributed by atoms with Crippen molar-refractivity contribution in [1.82, 2.24) is 10.1 Å². The van der Waals surface area contributed by atoms with Crippen molar-refractivity contribution in [2.45, 2.75) is 13.5 Å². The van der Waals surface area contributed by atoms with Gasteiger partial charge in [-0.05, 0) is 12.1 Å². The Morgan fingerprint density at radius 3 is 2.88 bits per heavy atom. The van der Waals surface area contributed by atoms with Crippen LogP contribution >= 0.6 is 15.9 Å². The van der Waals surface area contributed by atoms with Crippen molar-refractivity contribution in [2.24, 2.45) is 0 Å². The minimum atomic E-state index is -0.367. The summed E-state index contributed by atoms with van der Waals surface area (Å²) in [5, 5.41) is 3.66. The summed E-state index contributed by atoms with van der Waals surface area (Å²) in [6.45, 7) is 1.84. The lowest BCUT2D eigenvalue weighted by molar-refractivity contribution is 0.284. The lowest BCUT2D eigenvalue weighted by atomic mass is 10.3. The highest BCUT2D eigenvalue weighted by Crippen LogP contribution is 2.21. The van der Waals surface area contributed by atoms with Gasteiger partial charge in [0.2, 0.25) is 11.7 Å². The number of benzene rings is 1. The van der Waals surface area contributed by atoms with E-state index in [-0.39, 0.29) is 12.4 Å². The predicted octanol–water partition coefficient (Wildman–Crippen LogP) is 2.86. The van der Waals surface area contributed by atoms with Crippen LogP contribution in [0.1, 0.15) is 11.7 Å². The summed E-state index contributed by atoms with van der Waals surface area (Å²) >= 11 is 3.17. The highest BCUT2D eigenvalue weighted by atomic mass is 79.9. The summed E-state index contributed by atoms with van der Waals surface area (Å²) in [6.07, 6.45) is 0. The second-order valence-electron chi connectivity index (χ2n) is 3.12. The molecule has 1 aromatic carbocycles. The van der Waals surface area contributed by atoms with E-state index in [9.17, 15) is 4.39 Å². The van der Waals surface area contributed by atoms with Crippen LogP contribution in [0.3, 0.4) is 0 Å². The number of ether oxygens (including phenoxy) is 1. The molecule has 6 heteroatoms. The molecule has 0 atom stereocenters. The van der Waals surface area contributed by atoms with Gasteiger partial charge in [-0.2, -0.15) is 4.98 Å². The van der Waals surface area contributed by atoms with E-state index in [4.69, 9.17) is 9.26 Å². The van der Waals surface area contributed by atoms with Crippen LogP contribution in [0.5, 0.6) is 5.75 Å². The molecule has 2 aromatic rings. The van der Waals surface area contributed by atoms with Gasteiger partial charge < -0.3 is 9.26 Å². The van der Waals surface area contributed by atoms with Gasteiger partial charge in [0.1, 0.15) is 11.6 Å². The Hall–Kier alpha value is -1.43. The summed E-state index contributed by atoms with van der Waals surface area (Å²) in [5.74, 6) is 0.944. The molecule has 0 fully saturated rings. The van der Waals surface area contributed by atoms with Gasteiger partial charge in [-0.15, -0.1) is 0 Å². The maximum atomic E-state index is 13.0. The minimum Gasteiger partial charge on any atom is -0.485 e. The van der Waals surface area contributed by atoms with Crippen LogP contribution in [0.15, 0.2) is 27.2 Å². The summed E-state index contributed by atoms with van der Waals surface area (Å²) in [5.41, 5.74) is 0. The number of aromatic nitrogens is 2. The first-order valence-electron chi connectivity index (χ1n) is 4.51. The average Bonchev–Trinajstić information content (AvgIpc) is 2.60. The third kappa shape index (κ3) is 2.79. The van der Waals surface area contributed by atoms with E-state index in [1.54, 1.807) is 13.0 Å². The van der Waals surface area contributed by atoms with E-state index >= 15 is 0 Å². The Balaban J connectivity index is 2.04. The first-order valence-corrected chi connectivity index (χ1v) is 5.31. The number of hydrogen-bond donors (Lipinski definition) is 0. The van der Waals surface area contributed by atoms with Gasteiger partial charge in [-0.3, -0.25) is 0 Å². The average molecular weight is 287 g/mol. The second-order valence-corrected chi connectivity index (χ2v) is 4.04. The van der Waals surface area contributed by atoms with E-state index in [1.165, 1.54) is 12.1 Å². The first kappa shape index (κ1) is 11.1. The van der Waals surface area contributed by atoms with Crippen molar-refractivity contribution in [1.29, 1.82) is 0 Å². The van der Waals surface area contributed by atoms with Crippen LogP contribution in [-0.4, -0.2) is 10.1 Å². The Morgan fingerprint density at radius 1 is 1.44 bits per heavy atom. The van der Waals surface area contributed by atoms with E-state index in [1.807, 2.05) is 0 Å². The molecule has 0 unspecified atom stereocenters. The molecule has 2 rings (SSSR count). The molecular formula is C10H8BrFN2O2. The number of hydrogen-bond acceptors (Lipinski definition) is 4. The molecule has 0 spiro atoms. The van der Waals surface area contributed by atoms with Crippen molar-refractivity contribution in [3.05, 3.63) is 40.2 Å². The number of rotatable bonds is 3. The summed E-state index contributed by atoms with van der Waals surface area (Å²) in [4.78, 5) is 3.96. The largest absolute Gasteiger partial charge is 0.485 e. The maximum Gasteiger partial charge on any atom is 0.223 e. The first-order chi connectivity index (χ1) is 7.63. The van der Waals surface area contributed by atoms with Crippen LogP contribution in [0.25, 0.3) is 0 Å². The van der Waals surface area contributed by atoms with Gasteiger partial charge in [0, 0.05) is 17.5 Å². The number of nitrogens with zero attached hydrogens (tertiary/aromatic N) is 2. The van der Waals surface area contributed by atoms with E-state index in [0.29, 0.717) is 21.9 Å². The zero-order valence-electron chi connectivity index (χ0n) is 8.41. The van der Waals surface area contributed by atoms with Crippen LogP contribution in [-0.2, 0) is 6.61 Å². The minimum absolute atomic E-state index is 0.146. The molecule has 0 aliphatic heterocycles. The summed E-state index contributed by atoms with van der Waals surface area (Å²) in [7, 11) is 0. The lowest BCUT2D eigenvalue weighted by Gasteiger charge is -2.03. The van der Waals surface area contributed by atoms with E-state index < -0.39 is 0 Å². The molecule has 0 saturated carbocycles. The monoisotopic (exact) mass is 286 g/mol. The molecule has 0 saturated heterocycles. The molecule has 0 N–H and O–H groups in total. The molecule has 0 aliphatic rings. The molecule has 16 heavy (non-hydrogen) atoms. The number of halogens is 2. The van der Waals surface area contributed by atoms with Gasteiger partial charge in [0.25, 0.3) is 0 Å². The third-order valence-electron chi connectivity index (χ3n) is 1.77. The van der Waals surface area contributed by atoms with Gasteiger partial charge in [0.05, 0.1) is 0 Å².